The molecule has 1 amide bonds. The lowest BCUT2D eigenvalue weighted by molar-refractivity contribution is 0.102. The highest BCUT2D eigenvalue weighted by atomic mass is 16.7. The Morgan fingerprint density at radius 3 is 2.58 bits per heavy atom. The number of carbonyl (C=O) groups excluding carboxylic acids is 1. The highest BCUT2D eigenvalue weighted by molar-refractivity contribution is 6.05. The molecule has 152 valence electrons. The number of hydrogen-bond acceptors (Lipinski definition) is 6. The van der Waals surface area contributed by atoms with E-state index in [2.05, 4.69) is 20.6 Å². The summed E-state index contributed by atoms with van der Waals surface area (Å²) in [6, 6.07) is 24.3. The molecule has 3 aromatic carbocycles. The Morgan fingerprint density at radius 1 is 0.806 bits per heavy atom. The van der Waals surface area contributed by atoms with Gasteiger partial charge in [-0.05, 0) is 30.3 Å². The molecule has 0 saturated heterocycles. The van der Waals surface area contributed by atoms with Gasteiger partial charge in [-0.2, -0.15) is 0 Å². The predicted octanol–water partition coefficient (Wildman–Crippen LogP) is 4.87. The quantitative estimate of drug-likeness (QED) is 0.488. The largest absolute Gasteiger partial charge is 0.454 e. The van der Waals surface area contributed by atoms with Crippen molar-refractivity contribution >= 4 is 23.1 Å². The topological polar surface area (TPSA) is 85.4 Å². The van der Waals surface area contributed by atoms with Gasteiger partial charge in [0.15, 0.2) is 11.5 Å². The van der Waals surface area contributed by atoms with E-state index in [1.807, 2.05) is 48.5 Å². The monoisotopic (exact) mass is 410 g/mol. The van der Waals surface area contributed by atoms with Crippen LogP contribution in [0.25, 0.3) is 11.3 Å². The van der Waals surface area contributed by atoms with Crippen LogP contribution >= 0.6 is 0 Å². The van der Waals surface area contributed by atoms with Crippen molar-refractivity contribution in [3.8, 4) is 22.8 Å². The maximum Gasteiger partial charge on any atom is 0.255 e. The Morgan fingerprint density at radius 2 is 1.68 bits per heavy atom. The number of aromatic nitrogens is 2. The predicted molar refractivity (Wildman–Crippen MR) is 118 cm³/mol. The fourth-order valence-electron chi connectivity index (χ4n) is 3.26. The SMILES string of the molecule is O=C(Nc1ccc2c(c1)OCO2)c1cccc(Nc2cc(-c3ccccc3)ncn2)c1. The lowest BCUT2D eigenvalue weighted by atomic mass is 10.1. The number of anilines is 3. The van der Waals surface area contributed by atoms with Crippen molar-refractivity contribution in [2.24, 2.45) is 0 Å². The summed E-state index contributed by atoms with van der Waals surface area (Å²) < 4.78 is 10.7. The minimum Gasteiger partial charge on any atom is -0.454 e. The Labute approximate surface area is 178 Å². The first-order valence-corrected chi connectivity index (χ1v) is 9.70. The molecule has 0 spiro atoms. The van der Waals surface area contributed by atoms with Crippen LogP contribution in [0.5, 0.6) is 11.5 Å². The average Bonchev–Trinajstić information content (AvgIpc) is 3.28. The Balaban J connectivity index is 1.32. The van der Waals surface area contributed by atoms with Crippen LogP contribution in [0.3, 0.4) is 0 Å². The van der Waals surface area contributed by atoms with Crippen LogP contribution in [0.15, 0.2) is 85.2 Å². The van der Waals surface area contributed by atoms with Gasteiger partial charge in [-0.1, -0.05) is 36.4 Å². The molecule has 7 heteroatoms. The van der Waals surface area contributed by atoms with E-state index in [0.717, 1.165) is 16.9 Å². The van der Waals surface area contributed by atoms with E-state index >= 15 is 0 Å². The summed E-state index contributed by atoms with van der Waals surface area (Å²) in [5, 5.41) is 6.12. The third-order valence-corrected chi connectivity index (χ3v) is 4.76. The molecule has 0 radical (unpaired) electrons. The Hall–Kier alpha value is -4.39. The van der Waals surface area contributed by atoms with Gasteiger partial charge < -0.3 is 20.1 Å². The van der Waals surface area contributed by atoms with Crippen molar-refractivity contribution in [2.75, 3.05) is 17.4 Å². The summed E-state index contributed by atoms with van der Waals surface area (Å²) in [7, 11) is 0. The van der Waals surface area contributed by atoms with Gasteiger partial charge in [0.1, 0.15) is 12.1 Å². The van der Waals surface area contributed by atoms with E-state index in [4.69, 9.17) is 9.47 Å². The van der Waals surface area contributed by atoms with Crippen LogP contribution in [0.2, 0.25) is 0 Å². The van der Waals surface area contributed by atoms with E-state index in [0.29, 0.717) is 28.6 Å². The van der Waals surface area contributed by atoms with Crippen molar-refractivity contribution in [1.82, 2.24) is 9.97 Å². The van der Waals surface area contributed by atoms with Crippen molar-refractivity contribution in [2.45, 2.75) is 0 Å². The summed E-state index contributed by atoms with van der Waals surface area (Å²) in [4.78, 5) is 21.3. The van der Waals surface area contributed by atoms with E-state index in [1.54, 1.807) is 30.3 Å². The van der Waals surface area contributed by atoms with Gasteiger partial charge in [0, 0.05) is 34.6 Å². The van der Waals surface area contributed by atoms with Gasteiger partial charge in [0.2, 0.25) is 6.79 Å². The molecule has 5 rings (SSSR count). The van der Waals surface area contributed by atoms with Gasteiger partial charge in [-0.3, -0.25) is 4.79 Å². The van der Waals surface area contributed by atoms with E-state index in [-0.39, 0.29) is 12.7 Å². The lowest BCUT2D eigenvalue weighted by Crippen LogP contribution is -2.12. The molecule has 0 saturated carbocycles. The van der Waals surface area contributed by atoms with Crippen molar-refractivity contribution in [3.63, 3.8) is 0 Å². The molecule has 1 aliphatic heterocycles. The van der Waals surface area contributed by atoms with Gasteiger partial charge >= 0.3 is 0 Å². The van der Waals surface area contributed by atoms with Gasteiger partial charge in [0.05, 0.1) is 5.69 Å². The number of fused-ring (bicyclic) bond motifs is 1. The van der Waals surface area contributed by atoms with Crippen LogP contribution in [-0.4, -0.2) is 22.7 Å². The Kier molecular flexibility index (Phi) is 4.90. The van der Waals surface area contributed by atoms with E-state index < -0.39 is 0 Å². The number of rotatable bonds is 5. The molecule has 0 bridgehead atoms. The van der Waals surface area contributed by atoms with Crippen LogP contribution < -0.4 is 20.1 Å². The highest BCUT2D eigenvalue weighted by Crippen LogP contribution is 2.34. The Bertz CT molecular complexity index is 1240. The molecule has 0 atom stereocenters. The molecule has 0 unspecified atom stereocenters. The first-order chi connectivity index (χ1) is 15.2. The molecule has 1 aromatic heterocycles. The third kappa shape index (κ3) is 4.16. The second-order valence-corrected chi connectivity index (χ2v) is 6.88. The number of nitrogens with one attached hydrogen (secondary N) is 2. The highest BCUT2D eigenvalue weighted by Gasteiger charge is 2.15. The maximum atomic E-state index is 12.7. The van der Waals surface area contributed by atoms with Gasteiger partial charge in [0.25, 0.3) is 5.91 Å². The molecule has 2 heterocycles. The van der Waals surface area contributed by atoms with E-state index in [9.17, 15) is 4.79 Å². The maximum absolute atomic E-state index is 12.7. The minimum absolute atomic E-state index is 0.190. The zero-order chi connectivity index (χ0) is 21.0. The van der Waals surface area contributed by atoms with Crippen molar-refractivity contribution in [1.29, 1.82) is 0 Å². The molecule has 4 aromatic rings. The summed E-state index contributed by atoms with van der Waals surface area (Å²) >= 11 is 0. The normalized spacial score (nSPS) is 11.7. The second kappa shape index (κ2) is 8.16. The summed E-state index contributed by atoms with van der Waals surface area (Å²) in [5.41, 5.74) is 3.71. The van der Waals surface area contributed by atoms with Crippen molar-refractivity contribution < 1.29 is 14.3 Å². The smallest absolute Gasteiger partial charge is 0.255 e. The van der Waals surface area contributed by atoms with Gasteiger partial charge in [-0.25, -0.2) is 9.97 Å². The number of ether oxygens (including phenoxy) is 2. The number of nitrogens with zero attached hydrogens (tertiary/aromatic N) is 2. The van der Waals surface area contributed by atoms with Crippen LogP contribution in [0.1, 0.15) is 10.4 Å². The standard InChI is InChI=1S/C24H18N4O3/c29-24(28-19-9-10-21-22(12-19)31-15-30-21)17-7-4-8-18(11-17)27-23-13-20(25-14-26-23)16-5-2-1-3-6-16/h1-14H,15H2,(H,28,29)(H,25,26,27). The first-order valence-electron chi connectivity index (χ1n) is 9.70. The van der Waals surface area contributed by atoms with Crippen LogP contribution in [0, 0.1) is 0 Å². The molecular formula is C24H18N4O3. The summed E-state index contributed by atoms with van der Waals surface area (Å²) in [6.07, 6.45) is 1.51. The van der Waals surface area contributed by atoms with E-state index in [1.165, 1.54) is 6.33 Å². The zero-order valence-corrected chi connectivity index (χ0v) is 16.4. The number of amides is 1. The fraction of sp³-hybridized carbons (Fsp3) is 0.0417. The van der Waals surface area contributed by atoms with Crippen molar-refractivity contribution in [3.05, 3.63) is 90.8 Å². The van der Waals surface area contributed by atoms with Gasteiger partial charge in [-0.15, -0.1) is 0 Å². The fourth-order valence-corrected chi connectivity index (χ4v) is 3.26. The average molecular weight is 410 g/mol. The number of benzene rings is 3. The number of carbonyl (C=O) groups is 1. The van der Waals surface area contributed by atoms with Crippen LogP contribution in [0.4, 0.5) is 17.2 Å². The third-order valence-electron chi connectivity index (χ3n) is 4.76. The second-order valence-electron chi connectivity index (χ2n) is 6.88. The van der Waals surface area contributed by atoms with Crippen LogP contribution in [-0.2, 0) is 0 Å². The molecule has 1 aliphatic rings. The minimum atomic E-state index is -0.227. The first kappa shape index (κ1) is 18.6. The molecule has 0 aliphatic carbocycles. The molecule has 2 N–H and O–H groups in total. The molecule has 31 heavy (non-hydrogen) atoms. The summed E-state index contributed by atoms with van der Waals surface area (Å²) in [6.45, 7) is 0.190. The number of hydrogen-bond donors (Lipinski definition) is 2. The summed E-state index contributed by atoms with van der Waals surface area (Å²) in [5.74, 6) is 1.70. The lowest BCUT2D eigenvalue weighted by Gasteiger charge is -2.10. The molecule has 0 fully saturated rings. The molecule has 7 nitrogen and oxygen atoms in total. The molecular weight excluding hydrogens is 392 g/mol. The zero-order valence-electron chi connectivity index (χ0n) is 16.4.